The van der Waals surface area contributed by atoms with Crippen molar-refractivity contribution in [2.24, 2.45) is 5.92 Å². The van der Waals surface area contributed by atoms with Gasteiger partial charge in [-0.15, -0.1) is 0 Å². The highest BCUT2D eigenvalue weighted by atomic mass is 28.4. The standard InChI is InChI=1S/C32H52N2O3Si2/c1-31(2,3)38(7,8)35-22-24-19-26(20-29(24)37-39(9,10)32(4,5)6)36-25-17-18-33-30(21-25)34-28-16-15-23-13-11-12-14-27(23)28/h11-14,17-18,21,24,26,28-29H,15-16,19-20,22H2,1-10H3,(H,33,34)/t24-,26+,28-,29-/m0/s1. The second-order valence-corrected chi connectivity index (χ2v) is 24.3. The van der Waals surface area contributed by atoms with Crippen LogP contribution < -0.4 is 10.1 Å². The molecule has 0 saturated heterocycles. The molecule has 0 bridgehead atoms. The molecule has 5 nitrogen and oxygen atoms in total. The third-order valence-corrected chi connectivity index (χ3v) is 18.8. The molecule has 2 aliphatic carbocycles. The first-order chi connectivity index (χ1) is 18.1. The third kappa shape index (κ3) is 7.16. The summed E-state index contributed by atoms with van der Waals surface area (Å²) in [5.74, 6) is 2.09. The number of aryl methyl sites for hydroxylation is 1. The maximum absolute atomic E-state index is 7.01. The van der Waals surface area contributed by atoms with E-state index in [-0.39, 0.29) is 22.3 Å². The van der Waals surface area contributed by atoms with Crippen LogP contribution in [0.5, 0.6) is 5.75 Å². The SMILES string of the molecule is CC(C)(C)[Si](C)(C)OC[C@@H]1C[C@@H](Oc2ccnc(N[C@H]3CCc4ccccc43)c2)C[C@@H]1O[Si](C)(C)C(C)(C)C. The normalized spacial score (nSPS) is 24.1. The van der Waals surface area contributed by atoms with Crippen LogP contribution in [0.1, 0.15) is 78.0 Å². The van der Waals surface area contributed by atoms with Crippen LogP contribution >= 0.6 is 0 Å². The fourth-order valence-electron chi connectivity index (χ4n) is 5.18. The molecule has 0 aliphatic heterocycles. The van der Waals surface area contributed by atoms with Crippen LogP contribution in [0.2, 0.25) is 36.3 Å². The Bertz CT molecular complexity index is 1120. The van der Waals surface area contributed by atoms with E-state index in [4.69, 9.17) is 13.6 Å². The van der Waals surface area contributed by atoms with Gasteiger partial charge in [-0.25, -0.2) is 4.98 Å². The largest absolute Gasteiger partial charge is 0.490 e. The average molecular weight is 569 g/mol. The van der Waals surface area contributed by atoms with E-state index < -0.39 is 16.6 Å². The number of fused-ring (bicyclic) bond motifs is 1. The van der Waals surface area contributed by atoms with Gasteiger partial charge < -0.3 is 18.9 Å². The lowest BCUT2D eigenvalue weighted by atomic mass is 10.1. The number of rotatable bonds is 9. The first-order valence-electron chi connectivity index (χ1n) is 14.8. The number of anilines is 1. The molecule has 0 radical (unpaired) electrons. The van der Waals surface area contributed by atoms with Gasteiger partial charge in [0.1, 0.15) is 17.7 Å². The molecule has 1 saturated carbocycles. The fraction of sp³-hybridized carbons (Fsp3) is 0.656. The van der Waals surface area contributed by atoms with Crippen LogP contribution in [0.3, 0.4) is 0 Å². The number of aromatic nitrogens is 1. The van der Waals surface area contributed by atoms with Crippen molar-refractivity contribution < 1.29 is 13.6 Å². The minimum absolute atomic E-state index is 0.107. The number of ether oxygens (including phenoxy) is 1. The monoisotopic (exact) mass is 568 g/mol. The summed E-state index contributed by atoms with van der Waals surface area (Å²) in [6, 6.07) is 13.1. The molecule has 0 spiro atoms. The number of pyridine rings is 1. The smallest absolute Gasteiger partial charge is 0.192 e. The van der Waals surface area contributed by atoms with E-state index in [1.54, 1.807) is 0 Å². The van der Waals surface area contributed by atoms with Crippen LogP contribution in [-0.2, 0) is 15.3 Å². The van der Waals surface area contributed by atoms with Gasteiger partial charge in [-0.05, 0) is 72.7 Å². The van der Waals surface area contributed by atoms with Crippen molar-refractivity contribution in [3.63, 3.8) is 0 Å². The summed E-state index contributed by atoms with van der Waals surface area (Å²) < 4.78 is 20.4. The molecular formula is C32H52N2O3Si2. The Balaban J connectivity index is 1.45. The topological polar surface area (TPSA) is 52.6 Å². The van der Waals surface area contributed by atoms with E-state index in [9.17, 15) is 0 Å². The van der Waals surface area contributed by atoms with Crippen LogP contribution in [0.4, 0.5) is 5.82 Å². The molecule has 2 aliphatic rings. The minimum atomic E-state index is -1.92. The Morgan fingerprint density at radius 2 is 1.62 bits per heavy atom. The number of hydrogen-bond acceptors (Lipinski definition) is 5. The molecule has 1 fully saturated rings. The summed E-state index contributed by atoms with van der Waals surface area (Å²) in [6.45, 7) is 24.0. The van der Waals surface area contributed by atoms with Crippen LogP contribution in [-0.4, -0.2) is 40.4 Å². The highest BCUT2D eigenvalue weighted by molar-refractivity contribution is 6.74. The first kappa shape index (κ1) is 30.3. The lowest BCUT2D eigenvalue weighted by Crippen LogP contribution is -2.46. The number of hydrogen-bond donors (Lipinski definition) is 1. The molecule has 2 aromatic rings. The molecule has 4 atom stereocenters. The van der Waals surface area contributed by atoms with Gasteiger partial charge in [-0.3, -0.25) is 0 Å². The zero-order valence-electron chi connectivity index (χ0n) is 26.1. The van der Waals surface area contributed by atoms with E-state index in [0.717, 1.165) is 43.9 Å². The van der Waals surface area contributed by atoms with E-state index in [1.807, 2.05) is 12.3 Å². The second kappa shape index (κ2) is 11.3. The Hall–Kier alpha value is -1.68. The summed E-state index contributed by atoms with van der Waals surface area (Å²) in [7, 11) is -3.77. The predicted octanol–water partition coefficient (Wildman–Crippen LogP) is 8.75. The minimum Gasteiger partial charge on any atom is -0.490 e. The average Bonchev–Trinajstić information content (AvgIpc) is 3.40. The molecule has 7 heteroatoms. The molecule has 1 heterocycles. The van der Waals surface area contributed by atoms with Gasteiger partial charge in [0.25, 0.3) is 0 Å². The maximum atomic E-state index is 7.01. The van der Waals surface area contributed by atoms with Gasteiger partial charge in [-0.2, -0.15) is 0 Å². The quantitative estimate of drug-likeness (QED) is 0.306. The van der Waals surface area contributed by atoms with E-state index in [0.29, 0.717) is 12.0 Å². The fourth-order valence-corrected chi connectivity index (χ4v) is 7.64. The van der Waals surface area contributed by atoms with Crippen molar-refractivity contribution >= 4 is 22.5 Å². The molecule has 216 valence electrons. The van der Waals surface area contributed by atoms with Crippen molar-refractivity contribution in [1.29, 1.82) is 0 Å². The van der Waals surface area contributed by atoms with Crippen LogP contribution in [0.25, 0.3) is 0 Å². The molecule has 4 rings (SSSR count). The third-order valence-electron chi connectivity index (χ3n) is 9.79. The van der Waals surface area contributed by atoms with E-state index >= 15 is 0 Å². The lowest BCUT2D eigenvalue weighted by molar-refractivity contribution is 0.1000. The molecular weight excluding hydrogens is 517 g/mol. The molecule has 1 N–H and O–H groups in total. The second-order valence-electron chi connectivity index (χ2n) is 14.8. The lowest BCUT2D eigenvalue weighted by Gasteiger charge is -2.41. The zero-order chi connectivity index (χ0) is 28.6. The van der Waals surface area contributed by atoms with Gasteiger partial charge in [0.15, 0.2) is 16.6 Å². The number of nitrogens with one attached hydrogen (secondary N) is 1. The Morgan fingerprint density at radius 3 is 2.31 bits per heavy atom. The van der Waals surface area contributed by atoms with Crippen molar-refractivity contribution in [3.05, 3.63) is 53.7 Å². The highest BCUT2D eigenvalue weighted by Gasteiger charge is 2.46. The summed E-state index contributed by atoms with van der Waals surface area (Å²) in [6.07, 6.45) is 6.19. The molecule has 0 amide bonds. The van der Waals surface area contributed by atoms with Crippen molar-refractivity contribution in [1.82, 2.24) is 4.98 Å². The first-order valence-corrected chi connectivity index (χ1v) is 20.7. The van der Waals surface area contributed by atoms with E-state index in [2.05, 4.69) is 108 Å². The summed E-state index contributed by atoms with van der Waals surface area (Å²) in [5.41, 5.74) is 2.82. The van der Waals surface area contributed by atoms with Crippen molar-refractivity contribution in [3.8, 4) is 5.75 Å². The molecule has 1 aromatic carbocycles. The van der Waals surface area contributed by atoms with Crippen molar-refractivity contribution in [2.45, 2.75) is 122 Å². The van der Waals surface area contributed by atoms with E-state index in [1.165, 1.54) is 11.1 Å². The predicted molar refractivity (Wildman–Crippen MR) is 168 cm³/mol. The molecule has 1 aromatic heterocycles. The van der Waals surface area contributed by atoms with Crippen LogP contribution in [0.15, 0.2) is 42.6 Å². The maximum Gasteiger partial charge on any atom is 0.192 e. The summed E-state index contributed by atoms with van der Waals surface area (Å²) in [5, 5.41) is 4.01. The molecule has 39 heavy (non-hydrogen) atoms. The van der Waals surface area contributed by atoms with Gasteiger partial charge in [0.05, 0.1) is 12.1 Å². The number of benzene rings is 1. The highest BCUT2D eigenvalue weighted by Crippen LogP contribution is 2.43. The van der Waals surface area contributed by atoms with Gasteiger partial charge in [-0.1, -0.05) is 65.8 Å². The van der Waals surface area contributed by atoms with Gasteiger partial charge >= 0.3 is 0 Å². The summed E-state index contributed by atoms with van der Waals surface area (Å²) in [4.78, 5) is 4.61. The van der Waals surface area contributed by atoms with Crippen molar-refractivity contribution in [2.75, 3.05) is 11.9 Å². The van der Waals surface area contributed by atoms with Crippen LogP contribution in [0, 0.1) is 5.92 Å². The Labute approximate surface area is 239 Å². The molecule has 0 unspecified atom stereocenters. The Kier molecular flexibility index (Phi) is 8.78. The zero-order valence-corrected chi connectivity index (χ0v) is 28.1. The number of nitrogens with zero attached hydrogens (tertiary/aromatic N) is 1. The summed E-state index contributed by atoms with van der Waals surface area (Å²) >= 11 is 0. The van der Waals surface area contributed by atoms with Gasteiger partial charge in [0, 0.05) is 31.2 Å². The Morgan fingerprint density at radius 1 is 0.923 bits per heavy atom. The van der Waals surface area contributed by atoms with Gasteiger partial charge in [0.2, 0.25) is 0 Å².